The molecule has 0 saturated heterocycles. The first-order chi connectivity index (χ1) is 9.40. The third-order valence-corrected chi connectivity index (χ3v) is 4.86. The number of rotatable bonds is 4. The van der Waals surface area contributed by atoms with Crippen LogP contribution in [0.25, 0.3) is 0 Å². The highest BCUT2D eigenvalue weighted by molar-refractivity contribution is 5.87. The Morgan fingerprint density at radius 3 is 2.35 bits per heavy atom. The molecule has 0 aromatic heterocycles. The molecular formula is C18H27NO. The maximum atomic E-state index is 12.5. The van der Waals surface area contributed by atoms with Gasteiger partial charge in [-0.3, -0.25) is 4.79 Å². The lowest BCUT2D eigenvalue weighted by molar-refractivity contribution is -0.125. The second-order valence-electron chi connectivity index (χ2n) is 6.60. The van der Waals surface area contributed by atoms with E-state index in [4.69, 9.17) is 5.73 Å². The molecule has 0 bridgehead atoms. The van der Waals surface area contributed by atoms with Crippen LogP contribution in [0.4, 0.5) is 0 Å². The number of Topliss-reactive ketones (excluding diaryl/α,β-unsaturated/α-hetero) is 1. The van der Waals surface area contributed by atoms with Crippen molar-refractivity contribution in [2.75, 3.05) is 0 Å². The number of nitrogens with two attached hydrogens (primary N) is 1. The smallest absolute Gasteiger partial charge is 0.153 e. The molecule has 3 unspecified atom stereocenters. The summed E-state index contributed by atoms with van der Waals surface area (Å²) in [5.41, 5.74) is 11.3. The van der Waals surface area contributed by atoms with Crippen LogP contribution in [-0.4, -0.2) is 11.8 Å². The number of hydrogen-bond donors (Lipinski definition) is 1. The van der Waals surface area contributed by atoms with Crippen molar-refractivity contribution < 1.29 is 4.79 Å². The van der Waals surface area contributed by atoms with Gasteiger partial charge in [0.05, 0.1) is 6.04 Å². The SMILES string of the molecule is Cc1cc(C)c(CC(N)C(=O)C2CCCC2C)c(C)c1. The van der Waals surface area contributed by atoms with Crippen LogP contribution in [0.1, 0.15) is 48.4 Å². The summed E-state index contributed by atoms with van der Waals surface area (Å²) in [7, 11) is 0. The number of ketones is 1. The molecule has 20 heavy (non-hydrogen) atoms. The highest BCUT2D eigenvalue weighted by Gasteiger charge is 2.32. The first kappa shape index (κ1) is 15.2. The Labute approximate surface area is 122 Å². The molecular weight excluding hydrogens is 246 g/mol. The van der Waals surface area contributed by atoms with Gasteiger partial charge in [-0.2, -0.15) is 0 Å². The van der Waals surface area contributed by atoms with Gasteiger partial charge in [-0.1, -0.05) is 31.0 Å². The molecule has 1 aliphatic carbocycles. The molecule has 2 rings (SSSR count). The van der Waals surface area contributed by atoms with Crippen molar-refractivity contribution in [1.29, 1.82) is 0 Å². The largest absolute Gasteiger partial charge is 0.321 e. The van der Waals surface area contributed by atoms with Gasteiger partial charge in [0.15, 0.2) is 5.78 Å². The molecule has 1 fully saturated rings. The highest BCUT2D eigenvalue weighted by atomic mass is 16.1. The second-order valence-corrected chi connectivity index (χ2v) is 6.60. The molecule has 2 N–H and O–H groups in total. The molecule has 3 atom stereocenters. The number of aryl methyl sites for hydroxylation is 3. The molecule has 0 radical (unpaired) electrons. The Hall–Kier alpha value is -1.15. The van der Waals surface area contributed by atoms with Gasteiger partial charge < -0.3 is 5.73 Å². The Morgan fingerprint density at radius 2 is 1.85 bits per heavy atom. The Bertz CT molecular complexity index is 483. The highest BCUT2D eigenvalue weighted by Crippen LogP contribution is 2.32. The number of carbonyl (C=O) groups excluding carboxylic acids is 1. The maximum absolute atomic E-state index is 12.5. The minimum absolute atomic E-state index is 0.191. The average Bonchev–Trinajstić information content (AvgIpc) is 2.78. The van der Waals surface area contributed by atoms with E-state index in [1.165, 1.54) is 35.1 Å². The van der Waals surface area contributed by atoms with E-state index in [1.54, 1.807) is 0 Å². The van der Waals surface area contributed by atoms with Crippen LogP contribution in [0.3, 0.4) is 0 Å². The standard InChI is InChI=1S/C18H27NO/c1-11-8-13(3)16(14(4)9-11)10-17(19)18(20)15-7-5-6-12(15)2/h8-9,12,15,17H,5-7,10,19H2,1-4H3. The van der Waals surface area contributed by atoms with Crippen LogP contribution in [-0.2, 0) is 11.2 Å². The van der Waals surface area contributed by atoms with Crippen molar-refractivity contribution in [1.82, 2.24) is 0 Å². The molecule has 1 saturated carbocycles. The quantitative estimate of drug-likeness (QED) is 0.912. The van der Waals surface area contributed by atoms with E-state index in [0.717, 1.165) is 6.42 Å². The minimum Gasteiger partial charge on any atom is -0.321 e. The summed E-state index contributed by atoms with van der Waals surface area (Å²) in [6, 6.07) is 4.01. The Balaban J connectivity index is 2.12. The van der Waals surface area contributed by atoms with Crippen molar-refractivity contribution in [3.63, 3.8) is 0 Å². The summed E-state index contributed by atoms with van der Waals surface area (Å²) in [6.07, 6.45) is 4.05. The molecule has 1 aliphatic rings. The number of carbonyl (C=O) groups is 1. The maximum Gasteiger partial charge on any atom is 0.153 e. The van der Waals surface area contributed by atoms with E-state index >= 15 is 0 Å². The molecule has 0 aliphatic heterocycles. The van der Waals surface area contributed by atoms with Crippen LogP contribution < -0.4 is 5.73 Å². The Kier molecular flexibility index (Phi) is 4.64. The fraction of sp³-hybridized carbons (Fsp3) is 0.611. The van der Waals surface area contributed by atoms with E-state index in [-0.39, 0.29) is 17.7 Å². The van der Waals surface area contributed by atoms with E-state index in [9.17, 15) is 4.79 Å². The van der Waals surface area contributed by atoms with Crippen molar-refractivity contribution in [3.8, 4) is 0 Å². The zero-order valence-electron chi connectivity index (χ0n) is 13.2. The molecule has 0 spiro atoms. The summed E-state index contributed by atoms with van der Waals surface area (Å²) in [6.45, 7) is 8.52. The summed E-state index contributed by atoms with van der Waals surface area (Å²) < 4.78 is 0. The topological polar surface area (TPSA) is 43.1 Å². The fourth-order valence-electron chi connectivity index (χ4n) is 3.70. The lowest BCUT2D eigenvalue weighted by Gasteiger charge is -2.21. The van der Waals surface area contributed by atoms with Gasteiger partial charge in [-0.25, -0.2) is 0 Å². The van der Waals surface area contributed by atoms with E-state index in [1.807, 2.05) is 0 Å². The number of benzene rings is 1. The number of hydrogen-bond acceptors (Lipinski definition) is 2. The van der Waals surface area contributed by atoms with Gasteiger partial charge in [0.2, 0.25) is 0 Å². The molecule has 2 nitrogen and oxygen atoms in total. The van der Waals surface area contributed by atoms with Crippen molar-refractivity contribution in [2.45, 2.75) is 59.4 Å². The normalized spacial score (nSPS) is 23.9. The molecule has 1 aromatic rings. The van der Waals surface area contributed by atoms with Crippen LogP contribution >= 0.6 is 0 Å². The molecule has 0 heterocycles. The monoisotopic (exact) mass is 273 g/mol. The van der Waals surface area contributed by atoms with Gasteiger partial charge >= 0.3 is 0 Å². The lowest BCUT2D eigenvalue weighted by atomic mass is 9.86. The second kappa shape index (κ2) is 6.09. The molecule has 110 valence electrons. The Morgan fingerprint density at radius 1 is 1.25 bits per heavy atom. The zero-order chi connectivity index (χ0) is 14.9. The third kappa shape index (κ3) is 3.12. The van der Waals surface area contributed by atoms with Crippen LogP contribution in [0.2, 0.25) is 0 Å². The average molecular weight is 273 g/mol. The molecule has 1 aromatic carbocycles. The van der Waals surface area contributed by atoms with E-state index in [2.05, 4.69) is 39.8 Å². The molecule has 2 heteroatoms. The summed E-state index contributed by atoms with van der Waals surface area (Å²) in [5, 5.41) is 0. The zero-order valence-corrected chi connectivity index (χ0v) is 13.2. The summed E-state index contributed by atoms with van der Waals surface area (Å²) in [4.78, 5) is 12.5. The van der Waals surface area contributed by atoms with Crippen molar-refractivity contribution in [3.05, 3.63) is 34.4 Å². The van der Waals surface area contributed by atoms with Gasteiger partial charge in [-0.05, 0) is 62.6 Å². The lowest BCUT2D eigenvalue weighted by Crippen LogP contribution is -2.38. The van der Waals surface area contributed by atoms with Crippen LogP contribution in [0.15, 0.2) is 12.1 Å². The fourth-order valence-corrected chi connectivity index (χ4v) is 3.70. The van der Waals surface area contributed by atoms with E-state index in [0.29, 0.717) is 12.3 Å². The van der Waals surface area contributed by atoms with Crippen molar-refractivity contribution in [2.24, 2.45) is 17.6 Å². The van der Waals surface area contributed by atoms with Crippen LogP contribution in [0, 0.1) is 32.6 Å². The van der Waals surface area contributed by atoms with Gasteiger partial charge in [0.1, 0.15) is 0 Å². The van der Waals surface area contributed by atoms with Crippen LogP contribution in [0.5, 0.6) is 0 Å². The molecule has 0 amide bonds. The van der Waals surface area contributed by atoms with Gasteiger partial charge in [-0.15, -0.1) is 0 Å². The van der Waals surface area contributed by atoms with E-state index < -0.39 is 0 Å². The predicted octanol–water partition coefficient (Wildman–Crippen LogP) is 3.49. The predicted molar refractivity (Wildman–Crippen MR) is 83.8 cm³/mol. The first-order valence-electron chi connectivity index (χ1n) is 7.76. The third-order valence-electron chi connectivity index (χ3n) is 4.86. The van der Waals surface area contributed by atoms with Gasteiger partial charge in [0, 0.05) is 5.92 Å². The van der Waals surface area contributed by atoms with Crippen molar-refractivity contribution >= 4 is 5.78 Å². The minimum atomic E-state index is -0.347. The summed E-state index contributed by atoms with van der Waals surface area (Å²) >= 11 is 0. The first-order valence-corrected chi connectivity index (χ1v) is 7.76. The van der Waals surface area contributed by atoms with Gasteiger partial charge in [0.25, 0.3) is 0 Å². The summed E-state index contributed by atoms with van der Waals surface area (Å²) in [5.74, 6) is 0.971.